The maximum Gasteiger partial charge on any atom is 0.259 e. The standard InChI is InChI=1S/C13H15Cl2N3O2/c1-3-8(2)17-18-12(19)7-16-13(20)10-5-4-9(14)6-11(10)15/h4-6H,3,7H2,1-2H3,(H,16,20)(H,18,19)/b17-8+. The van der Waals surface area contributed by atoms with Crippen molar-refractivity contribution in [1.29, 1.82) is 0 Å². The minimum atomic E-state index is -0.446. The van der Waals surface area contributed by atoms with Crippen LogP contribution in [0.5, 0.6) is 0 Å². The van der Waals surface area contributed by atoms with Gasteiger partial charge < -0.3 is 5.32 Å². The molecule has 0 spiro atoms. The van der Waals surface area contributed by atoms with E-state index in [1.807, 2.05) is 6.92 Å². The van der Waals surface area contributed by atoms with E-state index in [9.17, 15) is 9.59 Å². The second kappa shape index (κ2) is 7.87. The molecule has 0 aliphatic carbocycles. The molecule has 0 bridgehead atoms. The molecule has 2 amide bonds. The van der Waals surface area contributed by atoms with Crippen LogP contribution in [0, 0.1) is 0 Å². The third kappa shape index (κ3) is 5.19. The summed E-state index contributed by atoms with van der Waals surface area (Å²) in [7, 11) is 0. The van der Waals surface area contributed by atoms with Gasteiger partial charge in [-0.2, -0.15) is 5.10 Å². The number of benzene rings is 1. The first-order chi connectivity index (χ1) is 9.43. The monoisotopic (exact) mass is 315 g/mol. The topological polar surface area (TPSA) is 70.6 Å². The second-order valence-corrected chi connectivity index (χ2v) is 4.89. The summed E-state index contributed by atoms with van der Waals surface area (Å²) in [6.45, 7) is 3.54. The Hall–Kier alpha value is -1.59. The summed E-state index contributed by atoms with van der Waals surface area (Å²) in [5.74, 6) is -0.853. The van der Waals surface area contributed by atoms with Gasteiger partial charge in [-0.25, -0.2) is 5.43 Å². The molecule has 1 rings (SSSR count). The van der Waals surface area contributed by atoms with Gasteiger partial charge in [-0.15, -0.1) is 0 Å². The zero-order valence-corrected chi connectivity index (χ0v) is 12.7. The highest BCUT2D eigenvalue weighted by atomic mass is 35.5. The highest BCUT2D eigenvalue weighted by Gasteiger charge is 2.11. The zero-order chi connectivity index (χ0) is 15.1. The lowest BCUT2D eigenvalue weighted by molar-refractivity contribution is -0.120. The van der Waals surface area contributed by atoms with Crippen LogP contribution in [0.2, 0.25) is 10.0 Å². The van der Waals surface area contributed by atoms with Crippen LogP contribution in [0.4, 0.5) is 0 Å². The molecule has 5 nitrogen and oxygen atoms in total. The Morgan fingerprint density at radius 1 is 1.30 bits per heavy atom. The molecule has 1 aromatic carbocycles. The first kappa shape index (κ1) is 16.5. The van der Waals surface area contributed by atoms with Crippen molar-refractivity contribution in [2.24, 2.45) is 5.10 Å². The van der Waals surface area contributed by atoms with Crippen LogP contribution in [0.1, 0.15) is 30.6 Å². The number of carbonyl (C=O) groups is 2. The van der Waals surface area contributed by atoms with Crippen LogP contribution in [-0.4, -0.2) is 24.1 Å². The van der Waals surface area contributed by atoms with Crippen LogP contribution < -0.4 is 10.7 Å². The first-order valence-corrected chi connectivity index (χ1v) is 6.75. The van der Waals surface area contributed by atoms with Gasteiger partial charge in [-0.1, -0.05) is 30.1 Å². The Balaban J connectivity index is 2.53. The zero-order valence-electron chi connectivity index (χ0n) is 11.2. The summed E-state index contributed by atoms with van der Waals surface area (Å²) < 4.78 is 0. The quantitative estimate of drug-likeness (QED) is 0.647. The minimum absolute atomic E-state index is 0.182. The van der Waals surface area contributed by atoms with E-state index in [0.29, 0.717) is 5.02 Å². The number of rotatable bonds is 5. The second-order valence-electron chi connectivity index (χ2n) is 4.04. The van der Waals surface area contributed by atoms with Gasteiger partial charge in [0.25, 0.3) is 11.8 Å². The predicted molar refractivity (Wildman–Crippen MR) is 80.3 cm³/mol. The van der Waals surface area contributed by atoms with Crippen molar-refractivity contribution in [2.75, 3.05) is 6.54 Å². The first-order valence-electron chi connectivity index (χ1n) is 5.99. The molecule has 0 fully saturated rings. The van der Waals surface area contributed by atoms with E-state index in [1.54, 1.807) is 13.0 Å². The van der Waals surface area contributed by atoms with Crippen LogP contribution in [0.3, 0.4) is 0 Å². The minimum Gasteiger partial charge on any atom is -0.343 e. The SMILES string of the molecule is CC/C(C)=N/NC(=O)CNC(=O)c1ccc(Cl)cc1Cl. The van der Waals surface area contributed by atoms with E-state index in [-0.39, 0.29) is 17.1 Å². The maximum absolute atomic E-state index is 11.8. The van der Waals surface area contributed by atoms with Gasteiger partial charge in [-0.3, -0.25) is 9.59 Å². The fourth-order valence-electron chi connectivity index (χ4n) is 1.21. The molecule has 0 radical (unpaired) electrons. The van der Waals surface area contributed by atoms with Crippen molar-refractivity contribution in [2.45, 2.75) is 20.3 Å². The van der Waals surface area contributed by atoms with E-state index in [1.165, 1.54) is 12.1 Å². The van der Waals surface area contributed by atoms with E-state index in [2.05, 4.69) is 15.8 Å². The Kier molecular flexibility index (Phi) is 6.48. The van der Waals surface area contributed by atoms with E-state index >= 15 is 0 Å². The molecular weight excluding hydrogens is 301 g/mol. The summed E-state index contributed by atoms with van der Waals surface area (Å²) >= 11 is 11.6. The van der Waals surface area contributed by atoms with Crippen molar-refractivity contribution in [1.82, 2.24) is 10.7 Å². The van der Waals surface area contributed by atoms with Crippen LogP contribution in [0.15, 0.2) is 23.3 Å². The average molecular weight is 316 g/mol. The Bertz CT molecular complexity index is 544. The largest absolute Gasteiger partial charge is 0.343 e. The molecule has 0 heterocycles. The lowest BCUT2D eigenvalue weighted by Gasteiger charge is -2.06. The van der Waals surface area contributed by atoms with Crippen molar-refractivity contribution < 1.29 is 9.59 Å². The molecule has 0 atom stereocenters. The average Bonchev–Trinajstić information content (AvgIpc) is 2.42. The van der Waals surface area contributed by atoms with E-state index < -0.39 is 11.8 Å². The highest BCUT2D eigenvalue weighted by Crippen LogP contribution is 2.20. The number of hydrogen-bond donors (Lipinski definition) is 2. The van der Waals surface area contributed by atoms with Crippen molar-refractivity contribution in [3.63, 3.8) is 0 Å². The van der Waals surface area contributed by atoms with Gasteiger partial charge in [0.2, 0.25) is 0 Å². The lowest BCUT2D eigenvalue weighted by Crippen LogP contribution is -2.35. The normalized spacial score (nSPS) is 11.1. The number of carbonyl (C=O) groups excluding carboxylic acids is 2. The fraction of sp³-hybridized carbons (Fsp3) is 0.308. The van der Waals surface area contributed by atoms with Gasteiger partial charge in [0.05, 0.1) is 17.1 Å². The molecule has 0 saturated carbocycles. The molecule has 7 heteroatoms. The molecule has 1 aromatic rings. The van der Waals surface area contributed by atoms with Gasteiger partial charge in [-0.05, 0) is 31.5 Å². The summed E-state index contributed by atoms with van der Waals surface area (Å²) in [5.41, 5.74) is 3.40. The Morgan fingerprint density at radius 3 is 2.60 bits per heavy atom. The van der Waals surface area contributed by atoms with Crippen molar-refractivity contribution in [3.05, 3.63) is 33.8 Å². The Morgan fingerprint density at radius 2 is 2.00 bits per heavy atom. The molecule has 0 aliphatic rings. The summed E-state index contributed by atoms with van der Waals surface area (Å²) in [4.78, 5) is 23.3. The van der Waals surface area contributed by atoms with Crippen LogP contribution in [0.25, 0.3) is 0 Å². The smallest absolute Gasteiger partial charge is 0.259 e. The van der Waals surface area contributed by atoms with Crippen LogP contribution in [-0.2, 0) is 4.79 Å². The molecule has 0 saturated heterocycles. The summed E-state index contributed by atoms with van der Waals surface area (Å²) in [6, 6.07) is 4.52. The van der Waals surface area contributed by atoms with Crippen molar-refractivity contribution >= 4 is 40.7 Å². The molecule has 0 aromatic heterocycles. The lowest BCUT2D eigenvalue weighted by atomic mass is 10.2. The molecule has 0 unspecified atom stereocenters. The molecule has 20 heavy (non-hydrogen) atoms. The molecule has 0 aliphatic heterocycles. The molecule has 2 N–H and O–H groups in total. The summed E-state index contributed by atoms with van der Waals surface area (Å²) in [6.07, 6.45) is 0.743. The number of hydrazone groups is 1. The molecule has 108 valence electrons. The summed E-state index contributed by atoms with van der Waals surface area (Å²) in [5, 5.41) is 6.97. The molecular formula is C13H15Cl2N3O2. The number of amides is 2. The fourth-order valence-corrected chi connectivity index (χ4v) is 1.70. The van der Waals surface area contributed by atoms with Gasteiger partial charge in [0.15, 0.2) is 0 Å². The predicted octanol–water partition coefficient (Wildman–Crippen LogP) is 2.63. The van der Waals surface area contributed by atoms with E-state index in [0.717, 1.165) is 12.1 Å². The van der Waals surface area contributed by atoms with Gasteiger partial charge in [0.1, 0.15) is 0 Å². The van der Waals surface area contributed by atoms with Crippen LogP contribution >= 0.6 is 23.2 Å². The van der Waals surface area contributed by atoms with E-state index in [4.69, 9.17) is 23.2 Å². The number of nitrogens with zero attached hydrogens (tertiary/aromatic N) is 1. The number of hydrogen-bond acceptors (Lipinski definition) is 3. The third-order valence-corrected chi connectivity index (χ3v) is 3.02. The van der Waals surface area contributed by atoms with Gasteiger partial charge >= 0.3 is 0 Å². The number of halogens is 2. The van der Waals surface area contributed by atoms with Crippen molar-refractivity contribution in [3.8, 4) is 0 Å². The Labute approximate surface area is 127 Å². The third-order valence-electron chi connectivity index (χ3n) is 2.47. The number of nitrogens with one attached hydrogen (secondary N) is 2. The maximum atomic E-state index is 11.8. The highest BCUT2D eigenvalue weighted by molar-refractivity contribution is 6.36. The van der Waals surface area contributed by atoms with Gasteiger partial charge in [0, 0.05) is 10.7 Å².